The number of imidazole rings is 2. The van der Waals surface area contributed by atoms with Gasteiger partial charge < -0.3 is 26.0 Å². The number of rotatable bonds is 6. The van der Waals surface area contributed by atoms with E-state index in [4.69, 9.17) is 9.90 Å². The van der Waals surface area contributed by atoms with Crippen molar-refractivity contribution < 1.29 is 36.2 Å². The SMILES string of the molecule is Fc1cccc(-n2cnc3c(NCc4nc5c(F)c(F)ccc5[nH]4)nc(NC4CCNCC4)nc32)c1.O=C(O)C(F)(F)F. The summed E-state index contributed by atoms with van der Waals surface area (Å²) < 4.78 is 75.0. The molecule has 1 aliphatic heterocycles. The van der Waals surface area contributed by atoms with E-state index in [0.717, 1.165) is 32.0 Å². The van der Waals surface area contributed by atoms with E-state index in [1.165, 1.54) is 18.2 Å². The third-order valence-electron chi connectivity index (χ3n) is 6.42. The summed E-state index contributed by atoms with van der Waals surface area (Å²) in [5, 5.41) is 17.0. The summed E-state index contributed by atoms with van der Waals surface area (Å²) >= 11 is 0. The van der Waals surface area contributed by atoms with Crippen LogP contribution in [-0.2, 0) is 11.3 Å². The average Bonchev–Trinajstić information content (AvgIpc) is 3.59. The molecule has 0 amide bonds. The number of carboxylic acids is 1. The van der Waals surface area contributed by atoms with E-state index in [2.05, 4.69) is 40.9 Å². The Kier molecular flexibility index (Phi) is 8.33. The minimum Gasteiger partial charge on any atom is -0.475 e. The van der Waals surface area contributed by atoms with Crippen LogP contribution >= 0.6 is 0 Å². The summed E-state index contributed by atoms with van der Waals surface area (Å²) in [4.78, 5) is 29.9. The van der Waals surface area contributed by atoms with Crippen molar-refractivity contribution in [2.75, 3.05) is 23.7 Å². The van der Waals surface area contributed by atoms with E-state index in [1.807, 2.05) is 0 Å². The number of aromatic nitrogens is 6. The number of aliphatic carboxylic acids is 1. The van der Waals surface area contributed by atoms with Gasteiger partial charge in [-0.25, -0.2) is 27.9 Å². The van der Waals surface area contributed by atoms with E-state index >= 15 is 0 Å². The van der Waals surface area contributed by atoms with Gasteiger partial charge in [-0.3, -0.25) is 4.57 Å². The Balaban J connectivity index is 0.000000472. The summed E-state index contributed by atoms with van der Waals surface area (Å²) in [7, 11) is 0. The van der Waals surface area contributed by atoms with Gasteiger partial charge in [0.05, 0.1) is 17.7 Å². The van der Waals surface area contributed by atoms with Crippen LogP contribution in [0.1, 0.15) is 18.7 Å². The minimum absolute atomic E-state index is 0.0664. The van der Waals surface area contributed by atoms with Gasteiger partial charge in [0.25, 0.3) is 0 Å². The zero-order valence-corrected chi connectivity index (χ0v) is 22.0. The lowest BCUT2D eigenvalue weighted by Crippen LogP contribution is -2.35. The van der Waals surface area contributed by atoms with Crippen molar-refractivity contribution in [1.82, 2.24) is 34.8 Å². The molecule has 1 saturated heterocycles. The lowest BCUT2D eigenvalue weighted by atomic mass is 10.1. The molecule has 6 rings (SSSR count). The van der Waals surface area contributed by atoms with Gasteiger partial charge in [-0.1, -0.05) is 6.07 Å². The Morgan fingerprint density at radius 3 is 2.49 bits per heavy atom. The van der Waals surface area contributed by atoms with E-state index in [0.29, 0.717) is 40.0 Å². The van der Waals surface area contributed by atoms with E-state index in [1.54, 1.807) is 23.0 Å². The van der Waals surface area contributed by atoms with Crippen LogP contribution in [0.25, 0.3) is 27.9 Å². The Morgan fingerprint density at radius 2 is 1.79 bits per heavy atom. The standard InChI is InChI=1S/C24H22F3N9.C2HF3O2/c25-13-2-1-3-15(10-13)36-12-30-21-22(34-24(35-23(21)36)31-14-6-8-28-9-7-14)29-11-18-32-17-5-4-16(26)19(27)20(17)33-18;3-2(4,5)1(6)7/h1-5,10,12,14,28H,6-9,11H2,(H,32,33)(H2,29,31,34,35);(H,6,7). The van der Waals surface area contributed by atoms with Gasteiger partial charge in [0, 0.05) is 6.04 Å². The van der Waals surface area contributed by atoms with E-state index in [9.17, 15) is 26.3 Å². The predicted octanol–water partition coefficient (Wildman–Crippen LogP) is 4.52. The molecular weight excluding hydrogens is 584 g/mol. The van der Waals surface area contributed by atoms with Crippen LogP contribution < -0.4 is 16.0 Å². The molecule has 0 aliphatic carbocycles. The van der Waals surface area contributed by atoms with Crippen LogP contribution in [0, 0.1) is 17.5 Å². The third-order valence-corrected chi connectivity index (χ3v) is 6.42. The molecule has 5 N–H and O–H groups in total. The monoisotopic (exact) mass is 607 g/mol. The van der Waals surface area contributed by atoms with Gasteiger partial charge >= 0.3 is 12.1 Å². The Hall–Kier alpha value is -4.93. The molecule has 5 aromatic rings. The van der Waals surface area contributed by atoms with Gasteiger partial charge in [-0.2, -0.15) is 23.1 Å². The number of hydrogen-bond acceptors (Lipinski definition) is 8. The number of nitrogens with one attached hydrogen (secondary N) is 4. The van der Waals surface area contributed by atoms with Crippen molar-refractivity contribution in [2.24, 2.45) is 0 Å². The molecule has 0 radical (unpaired) electrons. The molecule has 11 nitrogen and oxygen atoms in total. The Morgan fingerprint density at radius 1 is 1.05 bits per heavy atom. The maximum absolute atomic E-state index is 14.1. The van der Waals surface area contributed by atoms with Gasteiger partial charge in [-0.05, 0) is 56.3 Å². The zero-order chi connectivity index (χ0) is 30.7. The Bertz CT molecular complexity index is 1770. The highest BCUT2D eigenvalue weighted by molar-refractivity contribution is 5.85. The number of fused-ring (bicyclic) bond motifs is 2. The number of carboxylic acid groups (broad SMARTS) is 1. The van der Waals surface area contributed by atoms with Crippen molar-refractivity contribution in [1.29, 1.82) is 0 Å². The minimum atomic E-state index is -5.08. The second-order valence-corrected chi connectivity index (χ2v) is 9.43. The predicted molar refractivity (Wildman–Crippen MR) is 143 cm³/mol. The molecular formula is C26H23F6N9O2. The first kappa shape index (κ1) is 29.6. The molecule has 0 spiro atoms. The molecule has 2 aromatic carbocycles. The fourth-order valence-electron chi connectivity index (χ4n) is 4.37. The summed E-state index contributed by atoms with van der Waals surface area (Å²) in [5.41, 5.74) is 1.87. The molecule has 43 heavy (non-hydrogen) atoms. The van der Waals surface area contributed by atoms with E-state index in [-0.39, 0.29) is 23.9 Å². The second kappa shape index (κ2) is 12.1. The van der Waals surface area contributed by atoms with Crippen LogP contribution in [0.4, 0.5) is 38.1 Å². The molecule has 0 bridgehead atoms. The molecule has 17 heteroatoms. The normalized spacial score (nSPS) is 14.0. The quantitative estimate of drug-likeness (QED) is 0.176. The number of anilines is 2. The molecule has 4 heterocycles. The molecule has 0 unspecified atom stereocenters. The topological polar surface area (TPSA) is 146 Å². The van der Waals surface area contributed by atoms with Crippen LogP contribution in [0.5, 0.6) is 0 Å². The summed E-state index contributed by atoms with van der Waals surface area (Å²) in [6, 6.07) is 8.86. The van der Waals surface area contributed by atoms with Gasteiger partial charge in [-0.15, -0.1) is 0 Å². The number of piperidine rings is 1. The van der Waals surface area contributed by atoms with Gasteiger partial charge in [0.1, 0.15) is 23.5 Å². The lowest BCUT2D eigenvalue weighted by Gasteiger charge is -2.23. The van der Waals surface area contributed by atoms with Crippen molar-refractivity contribution >= 4 is 39.9 Å². The number of aromatic amines is 1. The largest absolute Gasteiger partial charge is 0.490 e. The summed E-state index contributed by atoms with van der Waals surface area (Å²) in [6.45, 7) is 1.95. The Labute approximate surface area is 238 Å². The van der Waals surface area contributed by atoms with Crippen molar-refractivity contribution in [3.05, 3.63) is 66.0 Å². The average molecular weight is 608 g/mol. The van der Waals surface area contributed by atoms with Gasteiger partial charge in [0.15, 0.2) is 28.6 Å². The molecule has 0 atom stereocenters. The molecule has 1 fully saturated rings. The number of carbonyl (C=O) groups is 1. The highest BCUT2D eigenvalue weighted by Gasteiger charge is 2.38. The summed E-state index contributed by atoms with van der Waals surface area (Å²) in [6.07, 6.45) is -1.67. The zero-order valence-electron chi connectivity index (χ0n) is 22.0. The highest BCUT2D eigenvalue weighted by Crippen LogP contribution is 2.26. The lowest BCUT2D eigenvalue weighted by molar-refractivity contribution is -0.192. The van der Waals surface area contributed by atoms with Crippen LogP contribution in [0.2, 0.25) is 0 Å². The van der Waals surface area contributed by atoms with Crippen molar-refractivity contribution in [3.63, 3.8) is 0 Å². The molecule has 3 aromatic heterocycles. The first-order valence-corrected chi connectivity index (χ1v) is 12.8. The number of halogens is 6. The third kappa shape index (κ3) is 6.77. The highest BCUT2D eigenvalue weighted by atomic mass is 19.4. The maximum atomic E-state index is 14.1. The number of nitrogens with zero attached hydrogens (tertiary/aromatic N) is 5. The number of hydrogen-bond donors (Lipinski definition) is 5. The smallest absolute Gasteiger partial charge is 0.475 e. The first-order valence-electron chi connectivity index (χ1n) is 12.8. The molecule has 0 saturated carbocycles. The van der Waals surface area contributed by atoms with Crippen LogP contribution in [-0.4, -0.2) is 65.9 Å². The second-order valence-electron chi connectivity index (χ2n) is 9.43. The van der Waals surface area contributed by atoms with Crippen LogP contribution in [0.15, 0.2) is 42.7 Å². The van der Waals surface area contributed by atoms with Crippen molar-refractivity contribution in [2.45, 2.75) is 31.6 Å². The number of H-pyrrole nitrogens is 1. The van der Waals surface area contributed by atoms with E-state index < -0.39 is 23.8 Å². The first-order chi connectivity index (χ1) is 20.5. The fourth-order valence-corrected chi connectivity index (χ4v) is 4.37. The molecule has 1 aliphatic rings. The summed E-state index contributed by atoms with van der Waals surface area (Å²) in [5.74, 6) is -3.84. The molecule has 226 valence electrons. The van der Waals surface area contributed by atoms with Gasteiger partial charge in [0.2, 0.25) is 5.95 Å². The number of benzene rings is 2. The fraction of sp³-hybridized carbons (Fsp3) is 0.269. The van der Waals surface area contributed by atoms with Crippen molar-refractivity contribution in [3.8, 4) is 5.69 Å². The maximum Gasteiger partial charge on any atom is 0.490 e. The number of alkyl halides is 3. The van der Waals surface area contributed by atoms with Crippen LogP contribution in [0.3, 0.4) is 0 Å².